The maximum atomic E-state index is 2.34. The predicted octanol–water partition coefficient (Wildman–Crippen LogP) is 5.87. The van der Waals surface area contributed by atoms with Crippen LogP contribution in [0.25, 0.3) is 28.2 Å². The van der Waals surface area contributed by atoms with E-state index in [1.807, 2.05) is 0 Å². The number of aromatic nitrogens is 2. The monoisotopic (exact) mass is 367 g/mol. The van der Waals surface area contributed by atoms with E-state index in [4.69, 9.17) is 0 Å². The molecular weight excluding hydrogens is 340 g/mol. The molecule has 0 atom stereocenters. The van der Waals surface area contributed by atoms with Crippen molar-refractivity contribution in [2.75, 3.05) is 0 Å². The van der Waals surface area contributed by atoms with Crippen LogP contribution in [0.15, 0.2) is 73.1 Å². The summed E-state index contributed by atoms with van der Waals surface area (Å²) in [5.41, 5.74) is 11.4. The zero-order chi connectivity index (χ0) is 19.8. The third-order valence-electron chi connectivity index (χ3n) is 5.45. The van der Waals surface area contributed by atoms with Crippen molar-refractivity contribution >= 4 is 0 Å². The fourth-order valence-corrected chi connectivity index (χ4v) is 4.25. The van der Waals surface area contributed by atoms with E-state index in [1.165, 1.54) is 50.5 Å². The van der Waals surface area contributed by atoms with Gasteiger partial charge in [0, 0.05) is 17.8 Å². The van der Waals surface area contributed by atoms with Gasteiger partial charge in [0.25, 0.3) is 0 Å². The highest BCUT2D eigenvalue weighted by Gasteiger charge is 2.20. The zero-order valence-electron chi connectivity index (χ0n) is 17.3. The Hall–Kier alpha value is -3.13. The van der Waals surface area contributed by atoms with Crippen LogP contribution in [0.3, 0.4) is 0 Å². The number of rotatable bonds is 3. The summed E-state index contributed by atoms with van der Waals surface area (Å²) >= 11 is 0. The number of nitrogens with zero attached hydrogens (tertiary/aromatic N) is 2. The van der Waals surface area contributed by atoms with Gasteiger partial charge in [0.15, 0.2) is 6.20 Å². The molecule has 2 nitrogen and oxygen atoms in total. The van der Waals surface area contributed by atoms with E-state index in [0.717, 1.165) is 0 Å². The van der Waals surface area contributed by atoms with Crippen molar-refractivity contribution in [3.8, 4) is 28.2 Å². The number of hydrogen-bond acceptors (Lipinski definition) is 0. The fraction of sp³-hybridized carbons (Fsp3) is 0.192. The molecule has 0 saturated carbocycles. The third kappa shape index (κ3) is 3.16. The minimum absolute atomic E-state index is 1.21. The number of hydrogen-bond donors (Lipinski definition) is 0. The fourth-order valence-electron chi connectivity index (χ4n) is 4.25. The Balaban J connectivity index is 1.87. The molecule has 0 radical (unpaired) electrons. The van der Waals surface area contributed by atoms with Crippen molar-refractivity contribution < 1.29 is 4.57 Å². The molecule has 0 bridgehead atoms. The summed E-state index contributed by atoms with van der Waals surface area (Å²) < 4.78 is 4.58. The standard InChI is InChI=1S/C26H27N2/c1-18-15-20(3)25(21(4)16-18)28-14-13-19(2)26(28)24-12-11-23(17-27(24)5)22-9-7-6-8-10-22/h6-17H,1-5H3/q+1. The van der Waals surface area contributed by atoms with Crippen LogP contribution in [0.1, 0.15) is 22.3 Å². The maximum absolute atomic E-state index is 2.34. The van der Waals surface area contributed by atoms with Gasteiger partial charge < -0.3 is 4.57 Å². The van der Waals surface area contributed by atoms with Crippen LogP contribution in [0, 0.1) is 27.7 Å². The van der Waals surface area contributed by atoms with Crippen molar-refractivity contribution in [3.63, 3.8) is 0 Å². The van der Waals surface area contributed by atoms with Gasteiger partial charge in [-0.15, -0.1) is 0 Å². The third-order valence-corrected chi connectivity index (χ3v) is 5.45. The van der Waals surface area contributed by atoms with E-state index in [1.54, 1.807) is 0 Å². The summed E-state index contributed by atoms with van der Waals surface area (Å²) in [4.78, 5) is 0. The second kappa shape index (κ2) is 7.12. The topological polar surface area (TPSA) is 8.81 Å². The van der Waals surface area contributed by atoms with Crippen molar-refractivity contribution in [2.45, 2.75) is 27.7 Å². The van der Waals surface area contributed by atoms with Crippen LogP contribution >= 0.6 is 0 Å². The highest BCUT2D eigenvalue weighted by Crippen LogP contribution is 2.30. The Labute approximate surface area is 167 Å². The summed E-state index contributed by atoms with van der Waals surface area (Å²) in [5.74, 6) is 0. The van der Waals surface area contributed by atoms with Gasteiger partial charge in [-0.1, -0.05) is 48.0 Å². The highest BCUT2D eigenvalue weighted by atomic mass is 15.0. The van der Waals surface area contributed by atoms with E-state index in [9.17, 15) is 0 Å². The Bertz CT molecular complexity index is 1130. The highest BCUT2D eigenvalue weighted by molar-refractivity contribution is 5.67. The lowest BCUT2D eigenvalue weighted by atomic mass is 10.0. The Morgan fingerprint density at radius 2 is 1.39 bits per heavy atom. The van der Waals surface area contributed by atoms with E-state index in [0.29, 0.717) is 0 Å². The van der Waals surface area contributed by atoms with E-state index in [2.05, 4.69) is 117 Å². The van der Waals surface area contributed by atoms with Crippen LogP contribution < -0.4 is 4.57 Å². The van der Waals surface area contributed by atoms with Crippen molar-refractivity contribution in [1.82, 2.24) is 4.57 Å². The molecule has 2 aromatic heterocycles. The average molecular weight is 368 g/mol. The Morgan fingerprint density at radius 1 is 0.714 bits per heavy atom. The molecule has 2 aromatic carbocycles. The lowest BCUT2D eigenvalue weighted by Gasteiger charge is -2.16. The van der Waals surface area contributed by atoms with Gasteiger partial charge in [-0.05, 0) is 62.1 Å². The molecule has 140 valence electrons. The normalized spacial score (nSPS) is 11.0. The molecule has 0 N–H and O–H groups in total. The van der Waals surface area contributed by atoms with Crippen LogP contribution in [0.2, 0.25) is 0 Å². The molecule has 0 amide bonds. The lowest BCUT2D eigenvalue weighted by molar-refractivity contribution is -0.660. The summed E-state index contributed by atoms with van der Waals surface area (Å²) in [7, 11) is 2.13. The quantitative estimate of drug-likeness (QED) is 0.401. The van der Waals surface area contributed by atoms with Gasteiger partial charge >= 0.3 is 0 Å². The first-order chi connectivity index (χ1) is 13.5. The van der Waals surface area contributed by atoms with E-state index >= 15 is 0 Å². The van der Waals surface area contributed by atoms with Gasteiger partial charge in [-0.2, -0.15) is 4.57 Å². The summed E-state index contributed by atoms with van der Waals surface area (Å²) in [6, 6.07) is 21.7. The van der Waals surface area contributed by atoms with Gasteiger partial charge in [0.2, 0.25) is 5.69 Å². The summed E-state index contributed by atoms with van der Waals surface area (Å²) in [5, 5.41) is 0. The van der Waals surface area contributed by atoms with E-state index < -0.39 is 0 Å². The van der Waals surface area contributed by atoms with Gasteiger partial charge in [0.1, 0.15) is 12.7 Å². The van der Waals surface area contributed by atoms with Crippen LogP contribution in [-0.4, -0.2) is 4.57 Å². The van der Waals surface area contributed by atoms with Crippen LogP contribution in [0.5, 0.6) is 0 Å². The molecule has 0 aliphatic carbocycles. The first-order valence-electron chi connectivity index (χ1n) is 9.77. The molecule has 2 heterocycles. The molecule has 0 fully saturated rings. The SMILES string of the molecule is Cc1cc(C)c(-n2ccc(C)c2-c2ccc(-c3ccccc3)c[n+]2C)c(C)c1. The van der Waals surface area contributed by atoms with Gasteiger partial charge in [-0.3, -0.25) is 0 Å². The first kappa shape index (κ1) is 18.2. The Morgan fingerprint density at radius 3 is 2.04 bits per heavy atom. The van der Waals surface area contributed by atoms with Crippen molar-refractivity contribution in [3.05, 3.63) is 95.3 Å². The lowest BCUT2D eigenvalue weighted by Crippen LogP contribution is -2.31. The van der Waals surface area contributed by atoms with Gasteiger partial charge in [0.05, 0.1) is 5.69 Å². The van der Waals surface area contributed by atoms with Gasteiger partial charge in [-0.25, -0.2) is 0 Å². The maximum Gasteiger partial charge on any atom is 0.229 e. The summed E-state index contributed by atoms with van der Waals surface area (Å²) in [6.07, 6.45) is 4.41. The van der Waals surface area contributed by atoms with Crippen molar-refractivity contribution in [2.24, 2.45) is 7.05 Å². The average Bonchev–Trinajstić information content (AvgIpc) is 3.02. The smallest absolute Gasteiger partial charge is 0.229 e. The van der Waals surface area contributed by atoms with Crippen LogP contribution in [-0.2, 0) is 7.05 Å². The molecule has 0 aliphatic rings. The minimum atomic E-state index is 1.21. The Kier molecular flexibility index (Phi) is 4.64. The first-order valence-corrected chi connectivity index (χ1v) is 9.77. The molecule has 0 saturated heterocycles. The number of pyridine rings is 1. The molecule has 4 rings (SSSR count). The second-order valence-electron chi connectivity index (χ2n) is 7.74. The molecular formula is C26H27N2+. The zero-order valence-corrected chi connectivity index (χ0v) is 17.3. The van der Waals surface area contributed by atoms with Crippen molar-refractivity contribution in [1.29, 1.82) is 0 Å². The van der Waals surface area contributed by atoms with Crippen LogP contribution in [0.4, 0.5) is 0 Å². The summed E-state index contributed by atoms with van der Waals surface area (Å²) in [6.45, 7) is 8.75. The molecule has 2 heteroatoms. The predicted molar refractivity (Wildman–Crippen MR) is 117 cm³/mol. The van der Waals surface area contributed by atoms with E-state index in [-0.39, 0.29) is 0 Å². The largest absolute Gasteiger partial charge is 0.311 e. The molecule has 0 spiro atoms. The molecule has 0 unspecified atom stereocenters. The molecule has 4 aromatic rings. The number of aryl methyl sites for hydroxylation is 5. The second-order valence-corrected chi connectivity index (χ2v) is 7.74. The molecule has 0 aliphatic heterocycles. The number of benzene rings is 2. The molecule has 28 heavy (non-hydrogen) atoms. The minimum Gasteiger partial charge on any atom is -0.311 e.